The van der Waals surface area contributed by atoms with Crippen LogP contribution in [0.25, 0.3) is 0 Å². The highest BCUT2D eigenvalue weighted by molar-refractivity contribution is 5.30. The van der Waals surface area contributed by atoms with Crippen LogP contribution in [0.1, 0.15) is 12.0 Å². The van der Waals surface area contributed by atoms with E-state index in [1.165, 1.54) is 0 Å². The van der Waals surface area contributed by atoms with Crippen molar-refractivity contribution in [3.05, 3.63) is 29.3 Å². The summed E-state index contributed by atoms with van der Waals surface area (Å²) in [6.07, 6.45) is -2.93. The normalized spacial score (nSPS) is 10.8. The lowest BCUT2D eigenvalue weighted by Crippen LogP contribution is -1.90. The Balaban J connectivity index is 3.21. The van der Waals surface area contributed by atoms with E-state index in [0.29, 0.717) is 12.1 Å². The van der Waals surface area contributed by atoms with Gasteiger partial charge < -0.3 is 5.11 Å². The second-order valence-corrected chi connectivity index (χ2v) is 2.14. The number of hydrogen-bond acceptors (Lipinski definition) is 1. The molecule has 0 aliphatic rings. The van der Waals surface area contributed by atoms with Crippen molar-refractivity contribution < 1.29 is 22.7 Å². The fraction of sp³-hybridized carbons (Fsp3) is 0.143. The van der Waals surface area contributed by atoms with Crippen molar-refractivity contribution in [3.8, 4) is 5.75 Å². The topological polar surface area (TPSA) is 20.2 Å². The van der Waals surface area contributed by atoms with E-state index < -0.39 is 29.4 Å². The largest absolute Gasteiger partial charge is 0.505 e. The summed E-state index contributed by atoms with van der Waals surface area (Å²) >= 11 is 0. The number of hydrogen-bond donors (Lipinski definition) is 1. The Morgan fingerprint density at radius 1 is 1.17 bits per heavy atom. The van der Waals surface area contributed by atoms with Crippen LogP contribution in [0.4, 0.5) is 17.6 Å². The van der Waals surface area contributed by atoms with Gasteiger partial charge in [-0.3, -0.25) is 0 Å². The Labute approximate surface area is 65.3 Å². The standard InChI is InChI=1S/C7H4F4O/c8-4-1-3(7(10)11)2-5(12)6(4)9/h1-2,7,12H. The van der Waals surface area contributed by atoms with Gasteiger partial charge in [-0.15, -0.1) is 0 Å². The van der Waals surface area contributed by atoms with Crippen molar-refractivity contribution in [2.75, 3.05) is 0 Å². The van der Waals surface area contributed by atoms with Crippen LogP contribution in [0.3, 0.4) is 0 Å². The number of rotatable bonds is 1. The zero-order valence-corrected chi connectivity index (χ0v) is 5.69. The van der Waals surface area contributed by atoms with Gasteiger partial charge in [0.1, 0.15) is 0 Å². The molecule has 1 aromatic rings. The number of benzene rings is 1. The first-order valence-electron chi connectivity index (χ1n) is 2.98. The molecule has 5 heteroatoms. The highest BCUT2D eigenvalue weighted by atomic mass is 19.3. The molecule has 0 spiro atoms. The van der Waals surface area contributed by atoms with Gasteiger partial charge in [0.15, 0.2) is 17.4 Å². The minimum absolute atomic E-state index is 0.347. The third-order valence-corrected chi connectivity index (χ3v) is 1.28. The van der Waals surface area contributed by atoms with E-state index in [9.17, 15) is 17.6 Å². The lowest BCUT2D eigenvalue weighted by atomic mass is 10.2. The summed E-state index contributed by atoms with van der Waals surface area (Å²) in [6, 6.07) is 0.836. The molecule has 0 saturated heterocycles. The maximum atomic E-state index is 12.3. The molecule has 66 valence electrons. The summed E-state index contributed by atoms with van der Waals surface area (Å²) < 4.78 is 48.4. The van der Waals surface area contributed by atoms with Crippen LogP contribution in [-0.2, 0) is 0 Å². The van der Waals surface area contributed by atoms with Crippen LogP contribution in [-0.4, -0.2) is 5.11 Å². The second kappa shape index (κ2) is 3.00. The monoisotopic (exact) mass is 180 g/mol. The SMILES string of the molecule is Oc1cc(C(F)F)cc(F)c1F. The number of phenols is 1. The van der Waals surface area contributed by atoms with Gasteiger partial charge in [0.05, 0.1) is 0 Å². The minimum Gasteiger partial charge on any atom is -0.505 e. The molecule has 0 unspecified atom stereocenters. The smallest absolute Gasteiger partial charge is 0.264 e. The van der Waals surface area contributed by atoms with Crippen LogP contribution < -0.4 is 0 Å². The summed E-state index contributed by atoms with van der Waals surface area (Å²) in [5.74, 6) is -4.10. The minimum atomic E-state index is -2.93. The van der Waals surface area contributed by atoms with E-state index in [2.05, 4.69) is 0 Å². The fourth-order valence-corrected chi connectivity index (χ4v) is 0.721. The summed E-state index contributed by atoms with van der Waals surface area (Å²) in [6.45, 7) is 0. The van der Waals surface area contributed by atoms with Gasteiger partial charge in [-0.2, -0.15) is 4.39 Å². The van der Waals surface area contributed by atoms with Crippen LogP contribution in [0, 0.1) is 11.6 Å². The molecular weight excluding hydrogens is 176 g/mol. The fourth-order valence-electron chi connectivity index (χ4n) is 0.721. The summed E-state index contributed by atoms with van der Waals surface area (Å²) in [5.41, 5.74) is -0.744. The molecule has 1 nitrogen and oxygen atoms in total. The Hall–Kier alpha value is -1.26. The van der Waals surface area contributed by atoms with Crippen LogP contribution in [0.2, 0.25) is 0 Å². The van der Waals surface area contributed by atoms with Gasteiger partial charge in [0, 0.05) is 5.56 Å². The van der Waals surface area contributed by atoms with Gasteiger partial charge >= 0.3 is 0 Å². The van der Waals surface area contributed by atoms with E-state index in [1.807, 2.05) is 0 Å². The average molecular weight is 180 g/mol. The average Bonchev–Trinajstić information content (AvgIpc) is 1.99. The van der Waals surface area contributed by atoms with Gasteiger partial charge in [-0.1, -0.05) is 0 Å². The molecule has 12 heavy (non-hydrogen) atoms. The zero-order valence-electron chi connectivity index (χ0n) is 5.69. The summed E-state index contributed by atoms with van der Waals surface area (Å²) in [5, 5.41) is 8.58. The molecule has 0 aromatic heterocycles. The van der Waals surface area contributed by atoms with E-state index in [1.54, 1.807) is 0 Å². The molecular formula is C7H4F4O. The first-order valence-corrected chi connectivity index (χ1v) is 2.98. The third kappa shape index (κ3) is 1.49. The van der Waals surface area contributed by atoms with E-state index >= 15 is 0 Å². The second-order valence-electron chi connectivity index (χ2n) is 2.14. The number of halogens is 4. The molecule has 0 fully saturated rings. The quantitative estimate of drug-likeness (QED) is 0.658. The maximum absolute atomic E-state index is 12.3. The van der Waals surface area contributed by atoms with E-state index in [-0.39, 0.29) is 0 Å². The molecule has 1 N–H and O–H groups in total. The Bertz CT molecular complexity index is 274. The first-order chi connectivity index (χ1) is 5.52. The van der Waals surface area contributed by atoms with Crippen LogP contribution in [0.15, 0.2) is 12.1 Å². The molecule has 0 saturated carbocycles. The van der Waals surface area contributed by atoms with Crippen LogP contribution in [0.5, 0.6) is 5.75 Å². The predicted octanol–water partition coefficient (Wildman–Crippen LogP) is 2.61. The summed E-state index contributed by atoms with van der Waals surface area (Å²) in [7, 11) is 0. The lowest BCUT2D eigenvalue weighted by molar-refractivity contribution is 0.150. The van der Waals surface area contributed by atoms with E-state index in [0.717, 1.165) is 0 Å². The molecule has 0 aliphatic heterocycles. The molecule has 1 aromatic carbocycles. The molecule has 0 atom stereocenters. The molecule has 0 amide bonds. The van der Waals surface area contributed by atoms with Gasteiger partial charge in [-0.05, 0) is 12.1 Å². The molecule has 0 aliphatic carbocycles. The van der Waals surface area contributed by atoms with Crippen molar-refractivity contribution >= 4 is 0 Å². The molecule has 0 bridgehead atoms. The van der Waals surface area contributed by atoms with E-state index in [4.69, 9.17) is 5.11 Å². The Morgan fingerprint density at radius 2 is 1.75 bits per heavy atom. The van der Waals surface area contributed by atoms with Gasteiger partial charge in [0.2, 0.25) is 0 Å². The molecule has 1 rings (SSSR count). The van der Waals surface area contributed by atoms with Crippen molar-refractivity contribution in [2.45, 2.75) is 6.43 Å². The number of phenolic OH excluding ortho intramolecular Hbond substituents is 1. The summed E-state index contributed by atoms with van der Waals surface area (Å²) in [4.78, 5) is 0. The highest BCUT2D eigenvalue weighted by Crippen LogP contribution is 2.26. The predicted molar refractivity (Wildman–Crippen MR) is 33.0 cm³/mol. The first kappa shape index (κ1) is 8.83. The lowest BCUT2D eigenvalue weighted by Gasteiger charge is -2.01. The van der Waals surface area contributed by atoms with Crippen LogP contribution >= 0.6 is 0 Å². The number of alkyl halides is 2. The van der Waals surface area contributed by atoms with Crippen molar-refractivity contribution in [2.24, 2.45) is 0 Å². The van der Waals surface area contributed by atoms with Crippen molar-refractivity contribution in [1.82, 2.24) is 0 Å². The van der Waals surface area contributed by atoms with Crippen molar-refractivity contribution in [1.29, 1.82) is 0 Å². The third-order valence-electron chi connectivity index (χ3n) is 1.28. The zero-order chi connectivity index (χ0) is 9.30. The Morgan fingerprint density at radius 3 is 2.17 bits per heavy atom. The number of aromatic hydroxyl groups is 1. The van der Waals surface area contributed by atoms with Gasteiger partial charge in [0.25, 0.3) is 6.43 Å². The molecule has 0 heterocycles. The molecule has 0 radical (unpaired) electrons. The Kier molecular flexibility index (Phi) is 2.21. The van der Waals surface area contributed by atoms with Gasteiger partial charge in [-0.25, -0.2) is 13.2 Å². The maximum Gasteiger partial charge on any atom is 0.264 e. The van der Waals surface area contributed by atoms with Crippen molar-refractivity contribution in [3.63, 3.8) is 0 Å². The highest BCUT2D eigenvalue weighted by Gasteiger charge is 2.14.